The average molecular weight is 336 g/mol. The van der Waals surface area contributed by atoms with Crippen molar-refractivity contribution in [2.75, 3.05) is 6.54 Å². The number of ether oxygens (including phenoxy) is 2. The van der Waals surface area contributed by atoms with E-state index in [1.165, 1.54) is 0 Å². The highest BCUT2D eigenvalue weighted by Gasteiger charge is 2.19. The quantitative estimate of drug-likeness (QED) is 0.811. The standard InChI is InChI=1S/C13H24N2O6S/c1-12(2,3)20-10(16)14-8-7-9-22(18,19)15-11(17)21-13(4,5)6/h7,9H,8H2,1-6H3,(H,14,16)(H,15,17)/b9-7+. The van der Waals surface area contributed by atoms with Crippen LogP contribution in [0.25, 0.3) is 0 Å². The molecule has 0 aromatic heterocycles. The predicted octanol–water partition coefficient (Wildman–Crippen LogP) is 1.88. The first-order chi connectivity index (χ1) is 9.70. The molecule has 2 amide bonds. The fourth-order valence-corrected chi connectivity index (χ4v) is 1.77. The zero-order valence-corrected chi connectivity index (χ0v) is 14.5. The third-order valence-corrected chi connectivity index (χ3v) is 2.66. The normalized spacial score (nSPS) is 12.8. The first-order valence-electron chi connectivity index (χ1n) is 6.59. The van der Waals surface area contributed by atoms with Crippen LogP contribution in [0.2, 0.25) is 0 Å². The molecular weight excluding hydrogens is 312 g/mol. The molecule has 0 aliphatic heterocycles. The summed E-state index contributed by atoms with van der Waals surface area (Å²) in [5, 5.41) is 3.11. The Morgan fingerprint density at radius 2 is 1.41 bits per heavy atom. The van der Waals surface area contributed by atoms with Gasteiger partial charge in [0.2, 0.25) is 0 Å². The van der Waals surface area contributed by atoms with Gasteiger partial charge in [0.1, 0.15) is 11.2 Å². The number of amides is 2. The Labute approximate surface area is 131 Å². The van der Waals surface area contributed by atoms with Crippen LogP contribution in [0.5, 0.6) is 0 Å². The van der Waals surface area contributed by atoms with Gasteiger partial charge < -0.3 is 14.8 Å². The van der Waals surface area contributed by atoms with E-state index < -0.39 is 33.4 Å². The highest BCUT2D eigenvalue weighted by molar-refractivity contribution is 7.92. The lowest BCUT2D eigenvalue weighted by Gasteiger charge is -2.19. The Kier molecular flexibility index (Phi) is 6.88. The Balaban J connectivity index is 4.32. The molecule has 0 aromatic rings. The van der Waals surface area contributed by atoms with Crippen LogP contribution in [0, 0.1) is 0 Å². The fourth-order valence-electron chi connectivity index (χ4n) is 1.08. The first kappa shape index (κ1) is 20.2. The Morgan fingerprint density at radius 1 is 0.955 bits per heavy atom. The van der Waals surface area contributed by atoms with Crippen molar-refractivity contribution in [2.45, 2.75) is 52.7 Å². The summed E-state index contributed by atoms with van der Waals surface area (Å²) < 4.78 is 34.6. The van der Waals surface area contributed by atoms with E-state index in [4.69, 9.17) is 9.47 Å². The molecule has 0 aliphatic carbocycles. The molecule has 0 aromatic carbocycles. The third kappa shape index (κ3) is 12.0. The molecule has 0 atom stereocenters. The summed E-state index contributed by atoms with van der Waals surface area (Å²) in [5.74, 6) is 0. The van der Waals surface area contributed by atoms with E-state index >= 15 is 0 Å². The lowest BCUT2D eigenvalue weighted by molar-refractivity contribution is 0.0530. The highest BCUT2D eigenvalue weighted by Crippen LogP contribution is 2.07. The molecule has 9 heteroatoms. The molecule has 0 radical (unpaired) electrons. The molecule has 0 saturated carbocycles. The van der Waals surface area contributed by atoms with E-state index in [-0.39, 0.29) is 6.54 Å². The predicted molar refractivity (Wildman–Crippen MR) is 81.7 cm³/mol. The number of rotatable bonds is 4. The van der Waals surface area contributed by atoms with Crippen molar-refractivity contribution in [2.24, 2.45) is 0 Å². The van der Waals surface area contributed by atoms with E-state index in [1.54, 1.807) is 46.3 Å². The van der Waals surface area contributed by atoms with Gasteiger partial charge in [0.25, 0.3) is 10.0 Å². The maximum absolute atomic E-state index is 11.6. The summed E-state index contributed by atoms with van der Waals surface area (Å²) >= 11 is 0. The van der Waals surface area contributed by atoms with Gasteiger partial charge in [-0.2, -0.15) is 0 Å². The second-order valence-corrected chi connectivity index (χ2v) is 7.97. The monoisotopic (exact) mass is 336 g/mol. The molecule has 22 heavy (non-hydrogen) atoms. The molecule has 8 nitrogen and oxygen atoms in total. The topological polar surface area (TPSA) is 111 Å². The molecule has 0 spiro atoms. The second-order valence-electron chi connectivity index (χ2n) is 6.40. The van der Waals surface area contributed by atoms with Crippen LogP contribution < -0.4 is 10.0 Å². The van der Waals surface area contributed by atoms with Crippen molar-refractivity contribution in [1.29, 1.82) is 0 Å². The number of sulfonamides is 1. The summed E-state index contributed by atoms with van der Waals surface area (Å²) in [6, 6.07) is 0. The van der Waals surface area contributed by atoms with Gasteiger partial charge in [-0.25, -0.2) is 22.7 Å². The van der Waals surface area contributed by atoms with Gasteiger partial charge in [0.15, 0.2) is 0 Å². The van der Waals surface area contributed by atoms with E-state index in [0.717, 1.165) is 11.5 Å². The summed E-state index contributed by atoms with van der Waals surface area (Å²) in [7, 11) is -3.98. The number of alkyl carbamates (subject to hydrolysis) is 1. The van der Waals surface area contributed by atoms with Gasteiger partial charge in [-0.05, 0) is 41.5 Å². The minimum Gasteiger partial charge on any atom is -0.444 e. The average Bonchev–Trinajstić information content (AvgIpc) is 2.17. The van der Waals surface area contributed by atoms with Crippen LogP contribution in [0.3, 0.4) is 0 Å². The van der Waals surface area contributed by atoms with Crippen molar-refractivity contribution < 1.29 is 27.5 Å². The maximum atomic E-state index is 11.6. The van der Waals surface area contributed by atoms with Crippen LogP contribution >= 0.6 is 0 Å². The number of nitrogens with one attached hydrogen (secondary N) is 2. The SMILES string of the molecule is CC(C)(C)OC(=O)NC/C=C/S(=O)(=O)NC(=O)OC(C)(C)C. The first-order valence-corrected chi connectivity index (χ1v) is 8.14. The Morgan fingerprint density at radius 3 is 1.86 bits per heavy atom. The number of hydrogen-bond acceptors (Lipinski definition) is 6. The molecule has 0 fully saturated rings. The number of carbonyl (C=O) groups is 2. The molecule has 0 rings (SSSR count). The van der Waals surface area contributed by atoms with E-state index in [9.17, 15) is 18.0 Å². The van der Waals surface area contributed by atoms with Crippen molar-refractivity contribution in [3.05, 3.63) is 11.5 Å². The van der Waals surface area contributed by atoms with Crippen molar-refractivity contribution in [1.82, 2.24) is 10.0 Å². The molecule has 0 saturated heterocycles. The highest BCUT2D eigenvalue weighted by atomic mass is 32.2. The van der Waals surface area contributed by atoms with Crippen LogP contribution in [-0.2, 0) is 19.5 Å². The lowest BCUT2D eigenvalue weighted by Crippen LogP contribution is -2.35. The summed E-state index contributed by atoms with van der Waals surface area (Å²) in [5.41, 5.74) is -1.44. The molecule has 0 unspecified atom stereocenters. The van der Waals surface area contributed by atoms with Gasteiger partial charge in [-0.1, -0.05) is 6.08 Å². The van der Waals surface area contributed by atoms with Gasteiger partial charge in [0.05, 0.1) is 0 Å². The van der Waals surface area contributed by atoms with Gasteiger partial charge >= 0.3 is 12.2 Å². The van der Waals surface area contributed by atoms with E-state index in [2.05, 4.69) is 5.32 Å². The summed E-state index contributed by atoms with van der Waals surface area (Å²) in [6.45, 7) is 9.89. The lowest BCUT2D eigenvalue weighted by atomic mass is 10.2. The fraction of sp³-hybridized carbons (Fsp3) is 0.692. The van der Waals surface area contributed by atoms with Crippen molar-refractivity contribution in [3.63, 3.8) is 0 Å². The molecule has 2 N–H and O–H groups in total. The largest absolute Gasteiger partial charge is 0.444 e. The minimum atomic E-state index is -3.98. The van der Waals surface area contributed by atoms with Crippen LogP contribution in [-0.4, -0.2) is 38.4 Å². The minimum absolute atomic E-state index is 0.0653. The Bertz CT molecular complexity index is 526. The van der Waals surface area contributed by atoms with Gasteiger partial charge in [0, 0.05) is 12.0 Å². The maximum Gasteiger partial charge on any atom is 0.421 e. The van der Waals surface area contributed by atoms with Crippen LogP contribution in [0.4, 0.5) is 9.59 Å². The van der Waals surface area contributed by atoms with E-state index in [0.29, 0.717) is 0 Å². The van der Waals surface area contributed by atoms with Gasteiger partial charge in [-0.15, -0.1) is 0 Å². The van der Waals surface area contributed by atoms with Crippen LogP contribution in [0.1, 0.15) is 41.5 Å². The molecular formula is C13H24N2O6S. The molecule has 0 aliphatic rings. The Hall–Kier alpha value is -1.77. The third-order valence-electron chi connectivity index (χ3n) is 1.66. The van der Waals surface area contributed by atoms with Crippen molar-refractivity contribution >= 4 is 22.2 Å². The molecule has 0 bridgehead atoms. The molecule has 128 valence electrons. The summed E-state index contributed by atoms with van der Waals surface area (Å²) in [4.78, 5) is 22.6. The summed E-state index contributed by atoms with van der Waals surface area (Å²) in [6.07, 6.45) is -0.580. The van der Waals surface area contributed by atoms with E-state index in [1.807, 2.05) is 0 Å². The van der Waals surface area contributed by atoms with Gasteiger partial charge in [-0.3, -0.25) is 0 Å². The number of hydrogen-bond donors (Lipinski definition) is 2. The second kappa shape index (κ2) is 7.48. The zero-order valence-electron chi connectivity index (χ0n) is 13.7. The smallest absolute Gasteiger partial charge is 0.421 e. The van der Waals surface area contributed by atoms with Crippen molar-refractivity contribution in [3.8, 4) is 0 Å². The van der Waals surface area contributed by atoms with Crippen LogP contribution in [0.15, 0.2) is 11.5 Å². The molecule has 0 heterocycles. The zero-order chi connectivity index (χ0) is 17.6. The number of carbonyl (C=O) groups excluding carboxylic acids is 2.